The van der Waals surface area contributed by atoms with Crippen LogP contribution in [0.15, 0.2) is 54.7 Å². The molecule has 0 saturated carbocycles. The van der Waals surface area contributed by atoms with E-state index in [2.05, 4.69) is 4.90 Å². The monoisotopic (exact) mass is 362 g/mol. The molecule has 0 atom stereocenters. The zero-order valence-corrected chi connectivity index (χ0v) is 15.4. The first-order valence-electron chi connectivity index (χ1n) is 9.28. The second-order valence-corrected chi connectivity index (χ2v) is 6.80. The van der Waals surface area contributed by atoms with Gasteiger partial charge in [0, 0.05) is 30.4 Å². The Kier molecular flexibility index (Phi) is 4.67. The van der Waals surface area contributed by atoms with Gasteiger partial charge in [-0.1, -0.05) is 30.3 Å². The number of likely N-dealkylation sites (tertiary alicyclic amines) is 1. The summed E-state index contributed by atoms with van der Waals surface area (Å²) < 4.78 is 5.39. The SMILES string of the molecule is COc1ccccc1N1C(=O)C(=CN2CCCCC2)c2ccccc2C1=O. The van der Waals surface area contributed by atoms with Crippen LogP contribution in [0.5, 0.6) is 5.75 Å². The van der Waals surface area contributed by atoms with E-state index in [-0.39, 0.29) is 11.8 Å². The molecule has 2 heterocycles. The van der Waals surface area contributed by atoms with E-state index in [0.717, 1.165) is 25.9 Å². The van der Waals surface area contributed by atoms with Crippen molar-refractivity contribution in [3.05, 3.63) is 65.9 Å². The van der Waals surface area contributed by atoms with Gasteiger partial charge in [0.15, 0.2) is 0 Å². The quantitative estimate of drug-likeness (QED) is 0.617. The van der Waals surface area contributed by atoms with E-state index < -0.39 is 0 Å². The van der Waals surface area contributed by atoms with Gasteiger partial charge in [-0.15, -0.1) is 0 Å². The molecular formula is C22H22N2O3. The molecule has 5 nitrogen and oxygen atoms in total. The second-order valence-electron chi connectivity index (χ2n) is 6.80. The molecule has 0 aliphatic carbocycles. The molecule has 5 heteroatoms. The van der Waals surface area contributed by atoms with Crippen molar-refractivity contribution >= 4 is 23.1 Å². The molecule has 0 unspecified atom stereocenters. The number of benzene rings is 2. The minimum Gasteiger partial charge on any atom is -0.495 e. The lowest BCUT2D eigenvalue weighted by molar-refractivity contribution is -0.112. The fourth-order valence-corrected chi connectivity index (χ4v) is 3.74. The van der Waals surface area contributed by atoms with Crippen molar-refractivity contribution < 1.29 is 14.3 Å². The standard InChI is InChI=1S/C22H22N2O3/c1-27-20-12-6-5-11-19(20)24-21(25)17-10-4-3-9-16(17)18(22(24)26)15-23-13-7-2-8-14-23/h3-6,9-12,15H,2,7-8,13-14H2,1H3. The summed E-state index contributed by atoms with van der Waals surface area (Å²) in [7, 11) is 1.54. The molecule has 0 radical (unpaired) electrons. The number of carbonyl (C=O) groups is 2. The zero-order chi connectivity index (χ0) is 18.8. The summed E-state index contributed by atoms with van der Waals surface area (Å²) in [5.41, 5.74) is 2.25. The predicted molar refractivity (Wildman–Crippen MR) is 105 cm³/mol. The number of hydrogen-bond donors (Lipinski definition) is 0. The average molecular weight is 362 g/mol. The summed E-state index contributed by atoms with van der Waals surface area (Å²) >= 11 is 0. The second kappa shape index (κ2) is 7.27. The molecule has 0 spiro atoms. The van der Waals surface area contributed by atoms with Crippen molar-refractivity contribution in [2.75, 3.05) is 25.1 Å². The molecule has 1 fully saturated rings. The number of imide groups is 1. The number of piperidine rings is 1. The van der Waals surface area contributed by atoms with Gasteiger partial charge in [0.2, 0.25) is 0 Å². The van der Waals surface area contributed by atoms with Gasteiger partial charge in [-0.05, 0) is 37.5 Å². The smallest absolute Gasteiger partial charge is 0.267 e. The van der Waals surface area contributed by atoms with Crippen molar-refractivity contribution in [1.29, 1.82) is 0 Å². The number of rotatable bonds is 3. The molecule has 27 heavy (non-hydrogen) atoms. The number of methoxy groups -OCH3 is 1. The van der Waals surface area contributed by atoms with Gasteiger partial charge in [-0.2, -0.15) is 0 Å². The molecule has 138 valence electrons. The summed E-state index contributed by atoms with van der Waals surface area (Å²) in [6.45, 7) is 1.86. The molecule has 2 aliphatic rings. The van der Waals surface area contributed by atoms with E-state index in [1.54, 1.807) is 24.3 Å². The number of carbonyl (C=O) groups excluding carboxylic acids is 2. The Bertz CT molecular complexity index is 913. The van der Waals surface area contributed by atoms with Crippen molar-refractivity contribution in [3.63, 3.8) is 0 Å². The van der Waals surface area contributed by atoms with Crippen LogP contribution in [0.2, 0.25) is 0 Å². The van der Waals surface area contributed by atoms with Crippen LogP contribution in [0.4, 0.5) is 5.69 Å². The van der Waals surface area contributed by atoms with Crippen molar-refractivity contribution in [1.82, 2.24) is 4.90 Å². The van der Waals surface area contributed by atoms with Crippen molar-refractivity contribution in [2.45, 2.75) is 19.3 Å². The minimum absolute atomic E-state index is 0.311. The first-order chi connectivity index (χ1) is 13.2. The Morgan fingerprint density at radius 3 is 2.26 bits per heavy atom. The third-order valence-corrected chi connectivity index (χ3v) is 5.11. The van der Waals surface area contributed by atoms with Crippen molar-refractivity contribution in [2.24, 2.45) is 0 Å². The number of hydrogen-bond acceptors (Lipinski definition) is 4. The number of fused-ring (bicyclic) bond motifs is 1. The molecule has 2 aromatic rings. The fourth-order valence-electron chi connectivity index (χ4n) is 3.74. The van der Waals surface area contributed by atoms with Gasteiger partial charge in [0.05, 0.1) is 18.4 Å². The van der Waals surface area contributed by atoms with Crippen LogP contribution in [0.25, 0.3) is 5.57 Å². The Balaban J connectivity index is 1.84. The zero-order valence-electron chi connectivity index (χ0n) is 15.4. The van der Waals surface area contributed by atoms with Gasteiger partial charge in [0.25, 0.3) is 11.8 Å². The van der Waals surface area contributed by atoms with Crippen LogP contribution in [0, 0.1) is 0 Å². The summed E-state index contributed by atoms with van der Waals surface area (Å²) in [5.74, 6) is -0.138. The Morgan fingerprint density at radius 2 is 1.52 bits per heavy atom. The van der Waals surface area contributed by atoms with E-state index in [4.69, 9.17) is 4.74 Å². The summed E-state index contributed by atoms with van der Waals surface area (Å²) in [6, 6.07) is 14.4. The van der Waals surface area contributed by atoms with E-state index in [1.807, 2.05) is 30.5 Å². The largest absolute Gasteiger partial charge is 0.495 e. The molecule has 1 saturated heterocycles. The van der Waals surface area contributed by atoms with Crippen LogP contribution >= 0.6 is 0 Å². The highest BCUT2D eigenvalue weighted by molar-refractivity contribution is 6.41. The van der Waals surface area contributed by atoms with Gasteiger partial charge >= 0.3 is 0 Å². The third-order valence-electron chi connectivity index (χ3n) is 5.11. The van der Waals surface area contributed by atoms with E-state index >= 15 is 0 Å². The summed E-state index contributed by atoms with van der Waals surface area (Å²) in [5, 5.41) is 0. The number of amides is 2. The highest BCUT2D eigenvalue weighted by atomic mass is 16.5. The Morgan fingerprint density at radius 1 is 0.852 bits per heavy atom. The predicted octanol–water partition coefficient (Wildman–Crippen LogP) is 3.71. The van der Waals surface area contributed by atoms with E-state index in [0.29, 0.717) is 28.1 Å². The number of anilines is 1. The van der Waals surface area contributed by atoms with Gasteiger partial charge in [-0.25, -0.2) is 4.90 Å². The first-order valence-corrected chi connectivity index (χ1v) is 9.28. The fraction of sp³-hybridized carbons (Fsp3) is 0.273. The third kappa shape index (κ3) is 3.10. The molecule has 0 bridgehead atoms. The van der Waals surface area contributed by atoms with Gasteiger partial charge < -0.3 is 9.64 Å². The molecule has 4 rings (SSSR count). The van der Waals surface area contributed by atoms with Crippen LogP contribution in [0.1, 0.15) is 35.2 Å². The van der Waals surface area contributed by atoms with Gasteiger partial charge in [-0.3, -0.25) is 9.59 Å². The highest BCUT2D eigenvalue weighted by Crippen LogP contribution is 2.36. The summed E-state index contributed by atoms with van der Waals surface area (Å²) in [4.78, 5) is 30.0. The molecule has 0 N–H and O–H groups in total. The minimum atomic E-state index is -0.323. The molecule has 2 aromatic carbocycles. The van der Waals surface area contributed by atoms with Crippen molar-refractivity contribution in [3.8, 4) is 5.75 Å². The molecule has 2 aliphatic heterocycles. The van der Waals surface area contributed by atoms with Crippen LogP contribution in [-0.4, -0.2) is 36.9 Å². The number of para-hydroxylation sites is 2. The average Bonchev–Trinajstić information content (AvgIpc) is 2.72. The normalized spacial score (nSPS) is 18.6. The summed E-state index contributed by atoms with van der Waals surface area (Å²) in [6.07, 6.45) is 5.38. The van der Waals surface area contributed by atoms with Crippen LogP contribution in [0.3, 0.4) is 0 Å². The lowest BCUT2D eigenvalue weighted by atomic mass is 9.93. The molecular weight excluding hydrogens is 340 g/mol. The molecule has 0 aromatic heterocycles. The lowest BCUT2D eigenvalue weighted by Crippen LogP contribution is -2.42. The number of nitrogens with zero attached hydrogens (tertiary/aromatic N) is 2. The van der Waals surface area contributed by atoms with Crippen LogP contribution < -0.4 is 9.64 Å². The number of ether oxygens (including phenoxy) is 1. The van der Waals surface area contributed by atoms with Gasteiger partial charge in [0.1, 0.15) is 5.75 Å². The lowest BCUT2D eigenvalue weighted by Gasteiger charge is -2.32. The topological polar surface area (TPSA) is 49.9 Å². The maximum atomic E-state index is 13.4. The van der Waals surface area contributed by atoms with Crippen LogP contribution in [-0.2, 0) is 4.79 Å². The molecule has 2 amide bonds. The van der Waals surface area contributed by atoms with E-state index in [1.165, 1.54) is 18.4 Å². The maximum Gasteiger partial charge on any atom is 0.267 e. The Hall–Kier alpha value is -3.08. The first kappa shape index (κ1) is 17.3. The highest BCUT2D eigenvalue weighted by Gasteiger charge is 2.37. The Labute approximate surface area is 158 Å². The van der Waals surface area contributed by atoms with E-state index in [9.17, 15) is 9.59 Å². The maximum absolute atomic E-state index is 13.4.